The Hall–Kier alpha value is -3.02. The Morgan fingerprint density at radius 1 is 1.03 bits per heavy atom. The number of nitrogens with zero attached hydrogens (tertiary/aromatic N) is 1. The first kappa shape index (κ1) is 20.7. The molecule has 0 radical (unpaired) electrons. The molecule has 0 bridgehead atoms. The third-order valence-electron chi connectivity index (χ3n) is 3.98. The fourth-order valence-electron chi connectivity index (χ4n) is 2.52. The van der Waals surface area contributed by atoms with Crippen molar-refractivity contribution in [3.63, 3.8) is 0 Å². The highest BCUT2D eigenvalue weighted by atomic mass is 35.5. The van der Waals surface area contributed by atoms with E-state index in [1.165, 1.54) is 18.3 Å². The Morgan fingerprint density at radius 2 is 1.83 bits per heavy atom. The first-order valence-corrected chi connectivity index (χ1v) is 9.45. The van der Waals surface area contributed by atoms with Gasteiger partial charge in [0.15, 0.2) is 11.5 Å². The average Bonchev–Trinajstić information content (AvgIpc) is 2.73. The predicted octanol–water partition coefficient (Wildman–Crippen LogP) is 5.34. The second-order valence-corrected chi connectivity index (χ2v) is 6.85. The van der Waals surface area contributed by atoms with Gasteiger partial charge in [0.2, 0.25) is 0 Å². The maximum absolute atomic E-state index is 12.2. The smallest absolute Gasteiger partial charge is 0.272 e. The second kappa shape index (κ2) is 9.96. The minimum absolute atomic E-state index is 0.256. The van der Waals surface area contributed by atoms with Crippen LogP contribution >= 0.6 is 23.2 Å². The summed E-state index contributed by atoms with van der Waals surface area (Å²) in [5, 5.41) is 4.68. The van der Waals surface area contributed by atoms with Gasteiger partial charge in [-0.3, -0.25) is 4.79 Å². The molecular weight excluding hydrogens is 411 g/mol. The van der Waals surface area contributed by atoms with E-state index in [0.29, 0.717) is 23.1 Å². The Morgan fingerprint density at radius 3 is 2.55 bits per heavy atom. The highest BCUT2D eigenvalue weighted by Gasteiger charge is 2.10. The van der Waals surface area contributed by atoms with Crippen molar-refractivity contribution in [3.05, 3.63) is 93.5 Å². The molecule has 0 saturated heterocycles. The van der Waals surface area contributed by atoms with Gasteiger partial charge in [-0.2, -0.15) is 5.10 Å². The maximum atomic E-state index is 12.2. The molecular formula is C22H18Cl2N2O3. The zero-order valence-electron chi connectivity index (χ0n) is 15.6. The van der Waals surface area contributed by atoms with Crippen molar-refractivity contribution in [3.8, 4) is 11.5 Å². The minimum Gasteiger partial charge on any atom is -0.493 e. The Labute approximate surface area is 178 Å². The van der Waals surface area contributed by atoms with Crippen LogP contribution in [0.25, 0.3) is 0 Å². The van der Waals surface area contributed by atoms with Gasteiger partial charge in [0.1, 0.15) is 6.61 Å². The monoisotopic (exact) mass is 428 g/mol. The van der Waals surface area contributed by atoms with E-state index in [4.69, 9.17) is 32.7 Å². The Balaban J connectivity index is 1.64. The van der Waals surface area contributed by atoms with Crippen LogP contribution < -0.4 is 14.9 Å². The minimum atomic E-state index is -0.433. The predicted molar refractivity (Wildman–Crippen MR) is 115 cm³/mol. The van der Waals surface area contributed by atoms with Crippen molar-refractivity contribution in [1.82, 2.24) is 5.43 Å². The molecule has 0 fully saturated rings. The number of carbonyl (C=O) groups is 1. The quantitative estimate of drug-likeness (QED) is 0.407. The number of amides is 1. The topological polar surface area (TPSA) is 59.9 Å². The lowest BCUT2D eigenvalue weighted by molar-refractivity contribution is 0.0955. The molecule has 0 spiro atoms. The van der Waals surface area contributed by atoms with Crippen LogP contribution in [0.4, 0.5) is 0 Å². The third kappa shape index (κ3) is 5.73. The van der Waals surface area contributed by atoms with Crippen molar-refractivity contribution in [2.75, 3.05) is 7.11 Å². The van der Waals surface area contributed by atoms with Crippen LogP contribution in [-0.4, -0.2) is 19.2 Å². The Kier molecular flexibility index (Phi) is 7.11. The SMILES string of the molecule is COc1cc(/C=N\NC(=O)c2ccc(Cl)cc2Cl)ccc1OCc1ccccc1. The lowest BCUT2D eigenvalue weighted by Crippen LogP contribution is -2.18. The van der Waals surface area contributed by atoms with Gasteiger partial charge in [-0.25, -0.2) is 5.43 Å². The lowest BCUT2D eigenvalue weighted by Gasteiger charge is -2.11. The molecule has 29 heavy (non-hydrogen) atoms. The maximum Gasteiger partial charge on any atom is 0.272 e. The number of methoxy groups -OCH3 is 1. The number of carbonyl (C=O) groups excluding carboxylic acids is 1. The zero-order valence-corrected chi connectivity index (χ0v) is 17.1. The van der Waals surface area contributed by atoms with Gasteiger partial charge in [-0.1, -0.05) is 53.5 Å². The molecule has 7 heteroatoms. The third-order valence-corrected chi connectivity index (χ3v) is 4.53. The zero-order chi connectivity index (χ0) is 20.6. The number of benzene rings is 3. The van der Waals surface area contributed by atoms with Crippen molar-refractivity contribution in [1.29, 1.82) is 0 Å². The van der Waals surface area contributed by atoms with Crippen LogP contribution in [0.15, 0.2) is 71.8 Å². The first-order valence-electron chi connectivity index (χ1n) is 8.70. The van der Waals surface area contributed by atoms with Crippen molar-refractivity contribution < 1.29 is 14.3 Å². The van der Waals surface area contributed by atoms with Crippen LogP contribution in [-0.2, 0) is 6.61 Å². The summed E-state index contributed by atoms with van der Waals surface area (Å²) in [6.07, 6.45) is 1.51. The van der Waals surface area contributed by atoms with Gasteiger partial charge in [0.25, 0.3) is 5.91 Å². The fraction of sp³-hybridized carbons (Fsp3) is 0.0909. The van der Waals surface area contributed by atoms with Crippen LogP contribution in [0, 0.1) is 0 Å². The molecule has 1 N–H and O–H groups in total. The molecule has 0 aliphatic heterocycles. The van der Waals surface area contributed by atoms with E-state index >= 15 is 0 Å². The summed E-state index contributed by atoms with van der Waals surface area (Å²) in [6, 6.07) is 19.9. The molecule has 0 aromatic heterocycles. The van der Waals surface area contributed by atoms with Gasteiger partial charge < -0.3 is 9.47 Å². The van der Waals surface area contributed by atoms with E-state index in [0.717, 1.165) is 11.1 Å². The van der Waals surface area contributed by atoms with Gasteiger partial charge in [0, 0.05) is 5.02 Å². The van der Waals surface area contributed by atoms with Crippen LogP contribution in [0.3, 0.4) is 0 Å². The summed E-state index contributed by atoms with van der Waals surface area (Å²) < 4.78 is 11.2. The summed E-state index contributed by atoms with van der Waals surface area (Å²) >= 11 is 11.9. The summed E-state index contributed by atoms with van der Waals surface area (Å²) in [5.41, 5.74) is 4.52. The fourth-order valence-corrected chi connectivity index (χ4v) is 3.01. The number of ether oxygens (including phenoxy) is 2. The second-order valence-electron chi connectivity index (χ2n) is 6.01. The average molecular weight is 429 g/mol. The molecule has 0 unspecified atom stereocenters. The number of hydrazone groups is 1. The lowest BCUT2D eigenvalue weighted by atomic mass is 10.2. The van der Waals surface area contributed by atoms with Crippen LogP contribution in [0.1, 0.15) is 21.5 Å². The molecule has 3 aromatic carbocycles. The van der Waals surface area contributed by atoms with Gasteiger partial charge in [0.05, 0.1) is 23.9 Å². The van der Waals surface area contributed by atoms with E-state index in [-0.39, 0.29) is 10.6 Å². The largest absolute Gasteiger partial charge is 0.493 e. The number of nitrogens with one attached hydrogen (secondary N) is 1. The molecule has 3 rings (SSSR count). The number of halogens is 2. The number of rotatable bonds is 7. The van der Waals surface area contributed by atoms with Crippen molar-refractivity contribution in [2.24, 2.45) is 5.10 Å². The molecule has 3 aromatic rings. The van der Waals surface area contributed by atoms with Gasteiger partial charge >= 0.3 is 0 Å². The summed E-state index contributed by atoms with van der Waals surface area (Å²) in [6.45, 7) is 0.433. The van der Waals surface area contributed by atoms with E-state index in [2.05, 4.69) is 10.5 Å². The summed E-state index contributed by atoms with van der Waals surface area (Å²) in [7, 11) is 1.57. The normalized spacial score (nSPS) is 10.7. The van der Waals surface area contributed by atoms with Gasteiger partial charge in [-0.05, 0) is 47.5 Å². The molecule has 0 heterocycles. The number of hydrogen-bond acceptors (Lipinski definition) is 4. The van der Waals surface area contributed by atoms with Crippen LogP contribution in [0.2, 0.25) is 10.0 Å². The molecule has 5 nitrogen and oxygen atoms in total. The molecule has 0 aliphatic carbocycles. The standard InChI is InChI=1S/C22H18Cl2N2O3/c1-28-21-11-16(7-10-20(21)29-14-15-5-3-2-4-6-15)13-25-26-22(27)18-9-8-17(23)12-19(18)24/h2-13H,14H2,1H3,(H,26,27)/b25-13-. The molecule has 0 aliphatic rings. The van der Waals surface area contributed by atoms with E-state index < -0.39 is 5.91 Å². The van der Waals surface area contributed by atoms with Gasteiger partial charge in [-0.15, -0.1) is 0 Å². The van der Waals surface area contributed by atoms with Crippen LogP contribution in [0.5, 0.6) is 11.5 Å². The van der Waals surface area contributed by atoms with Crippen molar-refractivity contribution in [2.45, 2.75) is 6.61 Å². The molecule has 0 atom stereocenters. The molecule has 0 saturated carbocycles. The first-order chi connectivity index (χ1) is 14.1. The highest BCUT2D eigenvalue weighted by Crippen LogP contribution is 2.28. The van der Waals surface area contributed by atoms with E-state index in [9.17, 15) is 4.79 Å². The molecule has 148 valence electrons. The highest BCUT2D eigenvalue weighted by molar-refractivity contribution is 6.36. The Bertz CT molecular complexity index is 1020. The van der Waals surface area contributed by atoms with E-state index in [1.54, 1.807) is 25.3 Å². The molecule has 1 amide bonds. The summed E-state index contributed by atoms with van der Waals surface area (Å²) in [5.74, 6) is 0.750. The number of hydrogen-bond donors (Lipinski definition) is 1. The van der Waals surface area contributed by atoms with E-state index in [1.807, 2.05) is 36.4 Å². The van der Waals surface area contributed by atoms with Crippen molar-refractivity contribution >= 4 is 35.3 Å². The summed E-state index contributed by atoms with van der Waals surface area (Å²) in [4.78, 5) is 12.2.